The van der Waals surface area contributed by atoms with Crippen LogP contribution in [0.1, 0.15) is 42.2 Å². The van der Waals surface area contributed by atoms with Gasteiger partial charge >= 0.3 is 0 Å². The summed E-state index contributed by atoms with van der Waals surface area (Å²) in [5.41, 5.74) is 4.49. The van der Waals surface area contributed by atoms with Gasteiger partial charge in [-0.3, -0.25) is 14.5 Å². The van der Waals surface area contributed by atoms with Crippen LogP contribution in [-0.4, -0.2) is 11.7 Å². The third-order valence-corrected chi connectivity index (χ3v) is 6.84. The van der Waals surface area contributed by atoms with E-state index < -0.39 is 6.04 Å². The van der Waals surface area contributed by atoms with Crippen LogP contribution in [0, 0.1) is 0 Å². The van der Waals surface area contributed by atoms with Crippen molar-refractivity contribution < 1.29 is 9.59 Å². The van der Waals surface area contributed by atoms with Crippen LogP contribution in [0.5, 0.6) is 0 Å². The van der Waals surface area contributed by atoms with Crippen molar-refractivity contribution in [2.45, 2.75) is 31.7 Å². The van der Waals surface area contributed by atoms with E-state index >= 15 is 0 Å². The van der Waals surface area contributed by atoms with Gasteiger partial charge in [0.15, 0.2) is 5.78 Å². The number of nitrogens with one attached hydrogen (secondary N) is 1. The number of hydrogen-bond acceptors (Lipinski definition) is 4. The number of para-hydroxylation sites is 2. The van der Waals surface area contributed by atoms with Crippen LogP contribution < -0.4 is 10.2 Å². The molecule has 0 fully saturated rings. The Morgan fingerprint density at radius 2 is 1.77 bits per heavy atom. The molecule has 0 unspecified atom stereocenters. The molecule has 2 aliphatic rings. The molecule has 5 rings (SSSR count). The maximum Gasteiger partial charge on any atom is 0.224 e. The summed E-state index contributed by atoms with van der Waals surface area (Å²) in [6, 6.07) is 21.6. The molecule has 1 N–H and O–H groups in total. The Morgan fingerprint density at radius 3 is 2.50 bits per heavy atom. The Bertz CT molecular complexity index is 1130. The lowest BCUT2D eigenvalue weighted by molar-refractivity contribution is -0.117. The van der Waals surface area contributed by atoms with E-state index in [1.54, 1.807) is 23.2 Å². The molecular formula is C25H22N2O2S. The van der Waals surface area contributed by atoms with Crippen molar-refractivity contribution in [2.24, 2.45) is 0 Å². The standard InChI is InChI=1S/C25H22N2O2S/c1-16(28)27-21-11-6-5-10-19(21)26-20-14-18(17-8-3-2-4-9-17)15-22(29)24(20)25(27)23-12-7-13-30-23/h2-13,18,25-26H,14-15H2,1H3/t18-,25-/m0/s1. The topological polar surface area (TPSA) is 49.4 Å². The molecule has 1 aliphatic heterocycles. The van der Waals surface area contributed by atoms with E-state index in [9.17, 15) is 9.59 Å². The first-order chi connectivity index (χ1) is 14.6. The fraction of sp³-hybridized carbons (Fsp3) is 0.200. The van der Waals surface area contributed by atoms with Gasteiger partial charge in [0.1, 0.15) is 6.04 Å². The van der Waals surface area contributed by atoms with Gasteiger partial charge in [-0.25, -0.2) is 0 Å². The van der Waals surface area contributed by atoms with Gasteiger partial charge < -0.3 is 5.32 Å². The highest BCUT2D eigenvalue weighted by molar-refractivity contribution is 7.10. The number of carbonyl (C=O) groups excluding carboxylic acids is 2. The van der Waals surface area contributed by atoms with Gasteiger partial charge in [0, 0.05) is 29.5 Å². The number of thiophene rings is 1. The van der Waals surface area contributed by atoms with Crippen LogP contribution in [0.4, 0.5) is 11.4 Å². The summed E-state index contributed by atoms with van der Waals surface area (Å²) in [5.74, 6) is 0.161. The number of amides is 1. The van der Waals surface area contributed by atoms with Crippen LogP contribution >= 0.6 is 11.3 Å². The van der Waals surface area contributed by atoms with Crippen molar-refractivity contribution in [3.8, 4) is 0 Å². The summed E-state index contributed by atoms with van der Waals surface area (Å²) in [4.78, 5) is 29.2. The van der Waals surface area contributed by atoms with Crippen LogP contribution in [0.3, 0.4) is 0 Å². The Labute approximate surface area is 179 Å². The van der Waals surface area contributed by atoms with Crippen molar-refractivity contribution in [3.63, 3.8) is 0 Å². The minimum absolute atomic E-state index is 0.0746. The number of rotatable bonds is 2. The predicted octanol–water partition coefficient (Wildman–Crippen LogP) is 5.67. The van der Waals surface area contributed by atoms with E-state index in [0.29, 0.717) is 6.42 Å². The number of allylic oxidation sites excluding steroid dienone is 1. The normalized spacial score (nSPS) is 20.8. The molecule has 2 heterocycles. The third-order valence-electron chi connectivity index (χ3n) is 5.91. The Morgan fingerprint density at radius 1 is 1.00 bits per heavy atom. The molecule has 150 valence electrons. The lowest BCUT2D eigenvalue weighted by atomic mass is 9.79. The zero-order valence-corrected chi connectivity index (χ0v) is 17.5. The number of anilines is 2. The number of nitrogens with zero attached hydrogens (tertiary/aromatic N) is 1. The van der Waals surface area contributed by atoms with E-state index in [2.05, 4.69) is 17.4 Å². The summed E-state index contributed by atoms with van der Waals surface area (Å²) >= 11 is 1.58. The van der Waals surface area contributed by atoms with Crippen LogP contribution in [0.15, 0.2) is 83.4 Å². The highest BCUT2D eigenvalue weighted by Crippen LogP contribution is 2.48. The molecule has 4 nitrogen and oxygen atoms in total. The molecule has 0 bridgehead atoms. The quantitative estimate of drug-likeness (QED) is 0.588. The zero-order chi connectivity index (χ0) is 20.7. The van der Waals surface area contributed by atoms with Gasteiger partial charge in [-0.1, -0.05) is 48.5 Å². The van der Waals surface area contributed by atoms with Crippen LogP contribution in [0.25, 0.3) is 0 Å². The molecule has 5 heteroatoms. The van der Waals surface area contributed by atoms with E-state index in [0.717, 1.165) is 33.9 Å². The lowest BCUT2D eigenvalue weighted by Crippen LogP contribution is -2.36. The molecule has 1 amide bonds. The summed E-state index contributed by atoms with van der Waals surface area (Å²) in [7, 11) is 0. The SMILES string of the molecule is CC(=O)N1c2ccccc2NC2=C(C(=O)C[C@@H](c3ccccc3)C2)[C@@H]1c1cccs1. The first kappa shape index (κ1) is 18.8. The van der Waals surface area contributed by atoms with Crippen molar-refractivity contribution in [1.29, 1.82) is 0 Å². The summed E-state index contributed by atoms with van der Waals surface area (Å²) in [5, 5.41) is 5.54. The number of Topliss-reactive ketones (excluding diaryl/α,β-unsaturated/α-hetero) is 1. The van der Waals surface area contributed by atoms with Crippen molar-refractivity contribution in [2.75, 3.05) is 10.2 Å². The summed E-state index contributed by atoms with van der Waals surface area (Å²) < 4.78 is 0. The third kappa shape index (κ3) is 3.15. The first-order valence-corrected chi connectivity index (χ1v) is 11.0. The molecule has 1 aliphatic carbocycles. The average Bonchev–Trinajstić information content (AvgIpc) is 3.23. The Kier molecular flexibility index (Phi) is 4.75. The Balaban J connectivity index is 1.69. The maximum absolute atomic E-state index is 13.6. The summed E-state index contributed by atoms with van der Waals surface area (Å²) in [6.07, 6.45) is 1.20. The second kappa shape index (κ2) is 7.58. The molecule has 1 aromatic heterocycles. The number of benzene rings is 2. The van der Waals surface area contributed by atoms with Gasteiger partial charge in [-0.05, 0) is 41.5 Å². The monoisotopic (exact) mass is 414 g/mol. The second-order valence-corrected chi connectivity index (χ2v) is 8.76. The number of fused-ring (bicyclic) bond motifs is 1. The van der Waals surface area contributed by atoms with E-state index in [1.807, 2.05) is 60.0 Å². The number of ketones is 1. The molecule has 3 aromatic rings. The van der Waals surface area contributed by atoms with Gasteiger partial charge in [-0.15, -0.1) is 11.3 Å². The van der Waals surface area contributed by atoms with Crippen molar-refractivity contribution in [1.82, 2.24) is 0 Å². The van der Waals surface area contributed by atoms with Gasteiger partial charge in [0.25, 0.3) is 0 Å². The second-order valence-electron chi connectivity index (χ2n) is 7.78. The van der Waals surface area contributed by atoms with E-state index in [-0.39, 0.29) is 17.6 Å². The highest BCUT2D eigenvalue weighted by atomic mass is 32.1. The molecule has 0 saturated heterocycles. The van der Waals surface area contributed by atoms with Gasteiger partial charge in [-0.2, -0.15) is 0 Å². The zero-order valence-electron chi connectivity index (χ0n) is 16.7. The summed E-state index contributed by atoms with van der Waals surface area (Å²) in [6.45, 7) is 1.57. The molecular weight excluding hydrogens is 392 g/mol. The van der Waals surface area contributed by atoms with Gasteiger partial charge in [0.05, 0.1) is 11.4 Å². The van der Waals surface area contributed by atoms with Crippen LogP contribution in [-0.2, 0) is 9.59 Å². The van der Waals surface area contributed by atoms with Crippen molar-refractivity contribution in [3.05, 3.63) is 93.8 Å². The minimum Gasteiger partial charge on any atom is -0.357 e. The fourth-order valence-corrected chi connectivity index (χ4v) is 5.44. The smallest absolute Gasteiger partial charge is 0.224 e. The number of carbonyl (C=O) groups is 2. The molecule has 0 spiro atoms. The molecule has 2 aromatic carbocycles. The fourth-order valence-electron chi connectivity index (χ4n) is 4.62. The lowest BCUT2D eigenvalue weighted by Gasteiger charge is -2.33. The average molecular weight is 415 g/mol. The number of hydrogen-bond donors (Lipinski definition) is 1. The van der Waals surface area contributed by atoms with Crippen molar-refractivity contribution >= 4 is 34.4 Å². The molecule has 30 heavy (non-hydrogen) atoms. The largest absolute Gasteiger partial charge is 0.357 e. The van der Waals surface area contributed by atoms with E-state index in [4.69, 9.17) is 0 Å². The minimum atomic E-state index is -0.405. The van der Waals surface area contributed by atoms with Crippen LogP contribution in [0.2, 0.25) is 0 Å². The first-order valence-electron chi connectivity index (χ1n) is 10.1. The van der Waals surface area contributed by atoms with E-state index in [1.165, 1.54) is 5.56 Å². The van der Waals surface area contributed by atoms with Gasteiger partial charge in [0.2, 0.25) is 5.91 Å². The molecule has 0 saturated carbocycles. The molecule has 0 radical (unpaired) electrons. The highest BCUT2D eigenvalue weighted by Gasteiger charge is 2.41. The Hall–Kier alpha value is -3.18. The predicted molar refractivity (Wildman–Crippen MR) is 121 cm³/mol. The molecule has 2 atom stereocenters. The maximum atomic E-state index is 13.6.